The van der Waals surface area contributed by atoms with Gasteiger partial charge < -0.3 is 9.47 Å². The first-order valence-corrected chi connectivity index (χ1v) is 9.32. The molecule has 0 spiro atoms. The highest BCUT2D eigenvalue weighted by atomic mass is 16.6. The van der Waals surface area contributed by atoms with Gasteiger partial charge in [-0.2, -0.15) is 0 Å². The summed E-state index contributed by atoms with van der Waals surface area (Å²) >= 11 is 0. The van der Waals surface area contributed by atoms with Crippen LogP contribution in [0, 0.1) is 11.8 Å². The second kappa shape index (κ2) is 5.55. The van der Waals surface area contributed by atoms with E-state index in [0.29, 0.717) is 5.56 Å². The molecule has 2 aromatic rings. The molecule has 2 bridgehead atoms. The molecule has 0 aromatic heterocycles. The van der Waals surface area contributed by atoms with Crippen molar-refractivity contribution in [2.45, 2.75) is 37.1 Å². The lowest BCUT2D eigenvalue weighted by molar-refractivity contribution is -0.0656. The molecule has 0 saturated carbocycles. The third kappa shape index (κ3) is 2.13. The average Bonchev–Trinajstić information content (AvgIpc) is 3.33. The molecule has 2 fully saturated rings. The quantitative estimate of drug-likeness (QED) is 0.607. The second-order valence-corrected chi connectivity index (χ2v) is 7.84. The Balaban J connectivity index is 1.44. The summed E-state index contributed by atoms with van der Waals surface area (Å²) in [6.07, 6.45) is 6.05. The van der Waals surface area contributed by atoms with Crippen molar-refractivity contribution in [1.29, 1.82) is 0 Å². The zero-order chi connectivity index (χ0) is 17.8. The van der Waals surface area contributed by atoms with Crippen LogP contribution in [-0.2, 0) is 15.1 Å². The predicted molar refractivity (Wildman–Crippen MR) is 98.6 cm³/mol. The van der Waals surface area contributed by atoms with Crippen molar-refractivity contribution in [3.63, 3.8) is 0 Å². The first-order valence-electron chi connectivity index (χ1n) is 9.32. The van der Waals surface area contributed by atoms with Crippen LogP contribution in [0.1, 0.15) is 35.7 Å². The Morgan fingerprint density at radius 3 is 2.42 bits per heavy atom. The number of rotatable bonds is 3. The minimum absolute atomic E-state index is 0.170. The van der Waals surface area contributed by atoms with E-state index >= 15 is 0 Å². The van der Waals surface area contributed by atoms with Crippen LogP contribution in [0.3, 0.4) is 0 Å². The summed E-state index contributed by atoms with van der Waals surface area (Å²) in [7, 11) is 0. The maximum atomic E-state index is 12.6. The summed E-state index contributed by atoms with van der Waals surface area (Å²) in [5.41, 5.74) is 1.28. The van der Waals surface area contributed by atoms with Crippen LogP contribution in [-0.4, -0.2) is 17.7 Å². The number of esters is 1. The molecule has 2 heterocycles. The van der Waals surface area contributed by atoms with Crippen LogP contribution in [0.15, 0.2) is 72.8 Å². The Bertz CT molecular complexity index is 860. The van der Waals surface area contributed by atoms with Crippen molar-refractivity contribution in [3.8, 4) is 0 Å². The second-order valence-electron chi connectivity index (χ2n) is 7.84. The third-order valence-electron chi connectivity index (χ3n) is 6.42. The topological polar surface area (TPSA) is 35.5 Å². The molecule has 0 N–H and O–H groups in total. The van der Waals surface area contributed by atoms with Gasteiger partial charge in [0, 0.05) is 11.8 Å². The van der Waals surface area contributed by atoms with E-state index in [2.05, 4.69) is 43.3 Å². The van der Waals surface area contributed by atoms with Gasteiger partial charge >= 0.3 is 5.97 Å². The van der Waals surface area contributed by atoms with E-state index in [-0.39, 0.29) is 35.1 Å². The number of carbonyl (C=O) groups is 1. The summed E-state index contributed by atoms with van der Waals surface area (Å²) in [6.45, 7) is 2.18. The number of hydrogen-bond acceptors (Lipinski definition) is 3. The van der Waals surface area contributed by atoms with Crippen molar-refractivity contribution in [2.24, 2.45) is 11.8 Å². The summed E-state index contributed by atoms with van der Waals surface area (Å²) in [5, 5.41) is 0. The largest absolute Gasteiger partial charge is 0.454 e. The van der Waals surface area contributed by atoms with Crippen LogP contribution in [0.5, 0.6) is 0 Å². The van der Waals surface area contributed by atoms with Gasteiger partial charge in [-0.25, -0.2) is 4.79 Å². The maximum absolute atomic E-state index is 12.6. The van der Waals surface area contributed by atoms with Gasteiger partial charge in [-0.05, 0) is 43.5 Å². The fourth-order valence-corrected chi connectivity index (χ4v) is 5.26. The first kappa shape index (κ1) is 15.8. The molecule has 3 heteroatoms. The summed E-state index contributed by atoms with van der Waals surface area (Å²) in [5.74, 6) is 0.155. The lowest BCUT2D eigenvalue weighted by atomic mass is 9.66. The van der Waals surface area contributed by atoms with E-state index in [0.717, 1.165) is 12.8 Å². The van der Waals surface area contributed by atoms with Gasteiger partial charge in [-0.3, -0.25) is 0 Å². The fourth-order valence-electron chi connectivity index (χ4n) is 5.26. The minimum atomic E-state index is -0.287. The van der Waals surface area contributed by atoms with Crippen molar-refractivity contribution < 1.29 is 14.3 Å². The monoisotopic (exact) mass is 346 g/mol. The van der Waals surface area contributed by atoms with Crippen LogP contribution in [0.2, 0.25) is 0 Å². The predicted octanol–water partition coefficient (Wildman–Crippen LogP) is 4.49. The molecule has 0 unspecified atom stereocenters. The van der Waals surface area contributed by atoms with E-state index in [1.165, 1.54) is 5.56 Å². The molecule has 2 aromatic carbocycles. The highest BCUT2D eigenvalue weighted by Gasteiger charge is 2.68. The summed E-state index contributed by atoms with van der Waals surface area (Å²) < 4.78 is 12.6. The first-order chi connectivity index (χ1) is 12.6. The van der Waals surface area contributed by atoms with Crippen molar-refractivity contribution in [2.75, 3.05) is 0 Å². The summed E-state index contributed by atoms with van der Waals surface area (Å²) in [6, 6.07) is 19.7. The highest BCUT2D eigenvalue weighted by molar-refractivity contribution is 5.89. The molecule has 2 saturated heterocycles. The van der Waals surface area contributed by atoms with Gasteiger partial charge in [0.2, 0.25) is 0 Å². The van der Waals surface area contributed by atoms with E-state index < -0.39 is 0 Å². The fraction of sp³-hybridized carbons (Fsp3) is 0.348. The lowest BCUT2D eigenvalue weighted by Crippen LogP contribution is -2.42. The van der Waals surface area contributed by atoms with E-state index in [9.17, 15) is 4.79 Å². The van der Waals surface area contributed by atoms with Gasteiger partial charge in [0.25, 0.3) is 0 Å². The number of carbonyl (C=O) groups excluding carboxylic acids is 1. The Morgan fingerprint density at radius 1 is 1.00 bits per heavy atom. The Hall–Kier alpha value is -2.39. The zero-order valence-electron chi connectivity index (χ0n) is 14.8. The van der Waals surface area contributed by atoms with Gasteiger partial charge in [-0.1, -0.05) is 54.6 Å². The number of benzene rings is 2. The average molecular weight is 346 g/mol. The van der Waals surface area contributed by atoms with E-state index in [1.807, 2.05) is 24.3 Å². The molecule has 132 valence electrons. The highest BCUT2D eigenvalue weighted by Crippen LogP contribution is 2.65. The molecular weight excluding hydrogens is 324 g/mol. The molecule has 26 heavy (non-hydrogen) atoms. The van der Waals surface area contributed by atoms with Crippen LogP contribution in [0.25, 0.3) is 0 Å². The summed E-state index contributed by atoms with van der Waals surface area (Å²) in [4.78, 5) is 12.6. The Labute approximate surface area is 153 Å². The number of ether oxygens (including phenoxy) is 2. The molecule has 5 rings (SSSR count). The van der Waals surface area contributed by atoms with Crippen molar-refractivity contribution in [3.05, 3.63) is 83.9 Å². The normalized spacial score (nSPS) is 36.9. The molecule has 0 radical (unpaired) electrons. The standard InChI is InChI=1S/C23H22O3/c1-22-14-15-23(26-22,17-10-6-3-7-11-17)18-12-13-19(20(18)22)25-21(24)16-8-4-2-5-9-16/h2-13,18-20H,14-15H2,1H3/t18-,19-,20-,22+,23-/m0/s1. The zero-order valence-corrected chi connectivity index (χ0v) is 14.8. The van der Waals surface area contributed by atoms with E-state index in [1.54, 1.807) is 12.1 Å². The molecule has 3 nitrogen and oxygen atoms in total. The van der Waals surface area contributed by atoms with Crippen molar-refractivity contribution in [1.82, 2.24) is 0 Å². The lowest BCUT2D eigenvalue weighted by Gasteiger charge is -2.35. The maximum Gasteiger partial charge on any atom is 0.338 e. The van der Waals surface area contributed by atoms with E-state index in [4.69, 9.17) is 9.47 Å². The molecule has 2 aliphatic heterocycles. The molecule has 3 aliphatic rings. The van der Waals surface area contributed by atoms with Crippen molar-refractivity contribution >= 4 is 5.97 Å². The minimum Gasteiger partial charge on any atom is -0.454 e. The smallest absolute Gasteiger partial charge is 0.338 e. The molecule has 1 aliphatic carbocycles. The molecule has 5 atom stereocenters. The van der Waals surface area contributed by atoms with Gasteiger partial charge in [0.1, 0.15) is 11.7 Å². The number of hydrogen-bond donors (Lipinski definition) is 0. The Kier molecular flexibility index (Phi) is 3.38. The SMILES string of the molecule is C[C@]12CC[C@@](c3ccccc3)(O1)[C@H]1C=C[C@H](OC(=O)c3ccccc3)[C@H]12. The van der Waals surface area contributed by atoms with Gasteiger partial charge in [-0.15, -0.1) is 0 Å². The molecular formula is C23H22O3. The Morgan fingerprint density at radius 2 is 1.69 bits per heavy atom. The van der Waals surface area contributed by atoms with Crippen LogP contribution in [0.4, 0.5) is 0 Å². The van der Waals surface area contributed by atoms with Gasteiger partial charge in [0.15, 0.2) is 0 Å². The molecule has 0 amide bonds. The van der Waals surface area contributed by atoms with Gasteiger partial charge in [0.05, 0.1) is 11.2 Å². The van der Waals surface area contributed by atoms with Crippen LogP contribution >= 0.6 is 0 Å². The number of fused-ring (bicyclic) bond motifs is 5. The third-order valence-corrected chi connectivity index (χ3v) is 6.42. The van der Waals surface area contributed by atoms with Crippen LogP contribution < -0.4 is 0 Å².